The molecule has 2 saturated heterocycles. The largest absolute Gasteiger partial charge is 0.447 e. The van der Waals surface area contributed by atoms with Crippen LogP contribution in [-0.4, -0.2) is 57.6 Å². The van der Waals surface area contributed by atoms with Crippen molar-refractivity contribution in [1.82, 2.24) is 19.8 Å². The highest BCUT2D eigenvalue weighted by Gasteiger charge is 2.49. The van der Waals surface area contributed by atoms with Gasteiger partial charge in [0, 0.05) is 19.6 Å². The van der Waals surface area contributed by atoms with Crippen molar-refractivity contribution in [2.75, 3.05) is 26.2 Å². The van der Waals surface area contributed by atoms with E-state index in [0.717, 1.165) is 25.0 Å². The summed E-state index contributed by atoms with van der Waals surface area (Å²) >= 11 is 1.40. The van der Waals surface area contributed by atoms with Crippen LogP contribution in [0.5, 0.6) is 0 Å². The number of carbonyl (C=O) groups excluding carboxylic acids is 1. The van der Waals surface area contributed by atoms with E-state index in [1.54, 1.807) is 0 Å². The zero-order valence-corrected chi connectivity index (χ0v) is 13.7. The molecule has 2 aliphatic rings. The molecule has 2 aromatic heterocycles. The van der Waals surface area contributed by atoms with Crippen LogP contribution in [0, 0.1) is 0 Å². The summed E-state index contributed by atoms with van der Waals surface area (Å²) in [5.74, 6) is 0.672. The van der Waals surface area contributed by atoms with Crippen LogP contribution in [0.1, 0.15) is 19.2 Å². The first kappa shape index (κ1) is 14.6. The predicted octanol–water partition coefficient (Wildman–Crippen LogP) is 1.40. The lowest BCUT2D eigenvalue weighted by Crippen LogP contribution is -2.60. The van der Waals surface area contributed by atoms with Gasteiger partial charge in [-0.05, 0) is 17.9 Å². The molecule has 2 fully saturated rings. The third-order valence-corrected chi connectivity index (χ3v) is 5.71. The van der Waals surface area contributed by atoms with Crippen molar-refractivity contribution < 1.29 is 9.53 Å². The van der Waals surface area contributed by atoms with Crippen LogP contribution in [0.2, 0.25) is 0 Å². The van der Waals surface area contributed by atoms with E-state index in [2.05, 4.69) is 21.8 Å². The number of cyclic esters (lactones) is 1. The number of fused-ring (bicyclic) bond motifs is 2. The van der Waals surface area contributed by atoms with E-state index < -0.39 is 0 Å². The van der Waals surface area contributed by atoms with Gasteiger partial charge < -0.3 is 9.72 Å². The minimum absolute atomic E-state index is 0.0804. The lowest BCUT2D eigenvalue weighted by molar-refractivity contribution is 0.0437. The average Bonchev–Trinajstić information content (AvgIpc) is 3.13. The monoisotopic (exact) mass is 334 g/mol. The van der Waals surface area contributed by atoms with Gasteiger partial charge in [0.15, 0.2) is 0 Å². The van der Waals surface area contributed by atoms with Crippen molar-refractivity contribution in [2.45, 2.75) is 25.4 Å². The molecule has 4 rings (SSSR count). The molecular weight excluding hydrogens is 316 g/mol. The van der Waals surface area contributed by atoms with E-state index in [0.29, 0.717) is 30.2 Å². The van der Waals surface area contributed by atoms with Gasteiger partial charge >= 0.3 is 6.09 Å². The van der Waals surface area contributed by atoms with Gasteiger partial charge in [-0.25, -0.2) is 9.78 Å². The Morgan fingerprint density at radius 1 is 1.43 bits per heavy atom. The van der Waals surface area contributed by atoms with Crippen LogP contribution in [0.15, 0.2) is 16.2 Å². The Hall–Kier alpha value is -1.93. The number of amides is 1. The highest BCUT2D eigenvalue weighted by molar-refractivity contribution is 7.17. The zero-order valence-electron chi connectivity index (χ0n) is 12.9. The van der Waals surface area contributed by atoms with Gasteiger partial charge in [0.2, 0.25) is 0 Å². The molecule has 1 N–H and O–H groups in total. The maximum Gasteiger partial charge on any atom is 0.410 e. The summed E-state index contributed by atoms with van der Waals surface area (Å²) in [6.07, 6.45) is 0.640. The second-order valence-electron chi connectivity index (χ2n) is 6.14. The summed E-state index contributed by atoms with van der Waals surface area (Å²) in [6.45, 7) is 5.23. The number of aromatic amines is 1. The SMILES string of the molecule is CCC12COC(=O)N1CCN(Cc1nc3ccsc3c(=O)[nH]1)C2. The number of rotatable bonds is 3. The topological polar surface area (TPSA) is 78.5 Å². The molecule has 0 aliphatic carbocycles. The fourth-order valence-corrected chi connectivity index (χ4v) is 4.22. The first-order valence-corrected chi connectivity index (χ1v) is 8.62. The second-order valence-corrected chi connectivity index (χ2v) is 7.06. The molecule has 1 atom stereocenters. The molecule has 0 aromatic carbocycles. The Morgan fingerprint density at radius 2 is 2.30 bits per heavy atom. The maximum atomic E-state index is 12.1. The zero-order chi connectivity index (χ0) is 16.0. The highest BCUT2D eigenvalue weighted by atomic mass is 32.1. The summed E-state index contributed by atoms with van der Waals surface area (Å²) in [5, 5.41) is 1.88. The lowest BCUT2D eigenvalue weighted by Gasteiger charge is -2.44. The minimum atomic E-state index is -0.248. The van der Waals surface area contributed by atoms with Gasteiger partial charge in [0.1, 0.15) is 17.1 Å². The van der Waals surface area contributed by atoms with E-state index in [-0.39, 0.29) is 17.2 Å². The number of hydrogen-bond acceptors (Lipinski definition) is 6. The van der Waals surface area contributed by atoms with Crippen LogP contribution in [0.25, 0.3) is 10.2 Å². The van der Waals surface area contributed by atoms with Crippen molar-refractivity contribution in [3.05, 3.63) is 27.6 Å². The average molecular weight is 334 g/mol. The van der Waals surface area contributed by atoms with Crippen molar-refractivity contribution in [2.24, 2.45) is 0 Å². The van der Waals surface area contributed by atoms with Crippen molar-refractivity contribution in [1.29, 1.82) is 0 Å². The van der Waals surface area contributed by atoms with Crippen molar-refractivity contribution in [3.63, 3.8) is 0 Å². The number of hydrogen-bond donors (Lipinski definition) is 1. The van der Waals surface area contributed by atoms with Crippen LogP contribution in [0.4, 0.5) is 4.79 Å². The van der Waals surface area contributed by atoms with Gasteiger partial charge in [0.25, 0.3) is 5.56 Å². The molecule has 0 saturated carbocycles. The quantitative estimate of drug-likeness (QED) is 0.918. The summed E-state index contributed by atoms with van der Waals surface area (Å²) in [7, 11) is 0. The van der Waals surface area contributed by atoms with Crippen molar-refractivity contribution in [3.8, 4) is 0 Å². The molecule has 7 nitrogen and oxygen atoms in total. The fraction of sp³-hybridized carbons (Fsp3) is 0.533. The summed E-state index contributed by atoms with van der Waals surface area (Å²) in [6, 6.07) is 1.87. The molecule has 8 heteroatoms. The molecule has 1 unspecified atom stereocenters. The fourth-order valence-electron chi connectivity index (χ4n) is 3.49. The lowest BCUT2D eigenvalue weighted by atomic mass is 9.93. The molecule has 0 spiro atoms. The number of carbonyl (C=O) groups is 1. The Labute approximate surface area is 136 Å². The number of thiophene rings is 1. The van der Waals surface area contributed by atoms with E-state index >= 15 is 0 Å². The summed E-state index contributed by atoms with van der Waals surface area (Å²) < 4.78 is 5.91. The second kappa shape index (κ2) is 5.31. The molecule has 1 amide bonds. The van der Waals surface area contributed by atoms with E-state index in [1.165, 1.54) is 11.3 Å². The predicted molar refractivity (Wildman–Crippen MR) is 86.6 cm³/mol. The van der Waals surface area contributed by atoms with E-state index in [4.69, 9.17) is 4.74 Å². The molecule has 4 heterocycles. The maximum absolute atomic E-state index is 12.1. The first-order chi connectivity index (χ1) is 11.1. The van der Waals surface area contributed by atoms with Crippen LogP contribution in [-0.2, 0) is 11.3 Å². The molecule has 2 aliphatic heterocycles. The number of nitrogens with one attached hydrogen (secondary N) is 1. The van der Waals surface area contributed by atoms with Crippen LogP contribution >= 0.6 is 11.3 Å². The molecule has 2 aromatic rings. The van der Waals surface area contributed by atoms with Gasteiger partial charge in [-0.3, -0.25) is 14.6 Å². The van der Waals surface area contributed by atoms with Crippen molar-refractivity contribution >= 4 is 27.6 Å². The summed E-state index contributed by atoms with van der Waals surface area (Å²) in [5.41, 5.74) is 0.419. The van der Waals surface area contributed by atoms with Gasteiger partial charge in [-0.15, -0.1) is 11.3 Å². The highest BCUT2D eigenvalue weighted by Crippen LogP contribution is 2.32. The Balaban J connectivity index is 1.57. The van der Waals surface area contributed by atoms with E-state index in [9.17, 15) is 9.59 Å². The molecule has 0 radical (unpaired) electrons. The number of piperazine rings is 1. The number of ether oxygens (including phenoxy) is 1. The molecule has 122 valence electrons. The number of nitrogens with zero attached hydrogens (tertiary/aromatic N) is 3. The molecule has 0 bridgehead atoms. The third kappa shape index (κ3) is 2.33. The van der Waals surface area contributed by atoms with Gasteiger partial charge in [-0.2, -0.15) is 0 Å². The minimum Gasteiger partial charge on any atom is -0.447 e. The van der Waals surface area contributed by atoms with Gasteiger partial charge in [-0.1, -0.05) is 6.92 Å². The van der Waals surface area contributed by atoms with E-state index in [1.807, 2.05) is 16.3 Å². The Bertz CT molecular complexity index is 816. The number of H-pyrrole nitrogens is 1. The van der Waals surface area contributed by atoms with Crippen LogP contribution < -0.4 is 5.56 Å². The first-order valence-electron chi connectivity index (χ1n) is 7.74. The number of aromatic nitrogens is 2. The normalized spacial score (nSPS) is 24.9. The van der Waals surface area contributed by atoms with Crippen LogP contribution in [0.3, 0.4) is 0 Å². The Kier molecular flexibility index (Phi) is 3.38. The molecule has 23 heavy (non-hydrogen) atoms. The smallest absolute Gasteiger partial charge is 0.410 e. The molecular formula is C15H18N4O3S. The standard InChI is InChI=1S/C15H18N4O3S/c1-2-15-8-18(4-5-19(15)14(21)22-9-15)7-11-16-10-3-6-23-12(10)13(20)17-11/h3,6H,2,4-5,7-9H2,1H3,(H,16,17,20). The Morgan fingerprint density at radius 3 is 3.13 bits per heavy atom. The summed E-state index contributed by atoms with van der Waals surface area (Å²) in [4.78, 5) is 35.4. The third-order valence-electron chi connectivity index (χ3n) is 4.81. The van der Waals surface area contributed by atoms with Gasteiger partial charge in [0.05, 0.1) is 17.6 Å².